The van der Waals surface area contributed by atoms with Crippen LogP contribution in [0.1, 0.15) is 6.92 Å². The summed E-state index contributed by atoms with van der Waals surface area (Å²) in [6, 6.07) is 17.1. The van der Waals surface area contributed by atoms with Gasteiger partial charge in [0.1, 0.15) is 0 Å². The molecule has 4 rings (SSSR count). The molecule has 3 heteroatoms. The molecule has 0 saturated heterocycles. The molecule has 0 unspecified atom stereocenters. The Kier molecular flexibility index (Phi) is 2.88. The minimum atomic E-state index is 0.634. The van der Waals surface area contributed by atoms with E-state index in [2.05, 4.69) is 64.8 Å². The van der Waals surface area contributed by atoms with Crippen LogP contribution in [0.4, 0.5) is 5.69 Å². The summed E-state index contributed by atoms with van der Waals surface area (Å²) in [7, 11) is 0. The summed E-state index contributed by atoms with van der Waals surface area (Å²) in [5.74, 6) is 0. The minimum Gasteiger partial charge on any atom is -0.356 e. The van der Waals surface area contributed by atoms with Gasteiger partial charge in [-0.05, 0) is 31.2 Å². The van der Waals surface area contributed by atoms with E-state index in [0.29, 0.717) is 5.03 Å². The van der Waals surface area contributed by atoms with E-state index in [-0.39, 0.29) is 0 Å². The molecule has 0 atom stereocenters. The molecular formula is C19H15ClN2. The number of hydrogen-bond acceptors (Lipinski definition) is 1. The molecule has 1 N–H and O–H groups in total. The second kappa shape index (κ2) is 4.79. The lowest BCUT2D eigenvalue weighted by Gasteiger charge is -2.07. The van der Waals surface area contributed by atoms with Crippen LogP contribution in [-0.4, -0.2) is 4.40 Å². The monoisotopic (exact) mass is 306 g/mol. The summed E-state index contributed by atoms with van der Waals surface area (Å²) >= 11 is 6.14. The van der Waals surface area contributed by atoms with Crippen LogP contribution in [0.2, 0.25) is 0 Å². The Morgan fingerprint density at radius 1 is 1.05 bits per heavy atom. The van der Waals surface area contributed by atoms with Crippen molar-refractivity contribution in [1.82, 2.24) is 4.40 Å². The molecule has 0 amide bonds. The van der Waals surface area contributed by atoms with Crippen molar-refractivity contribution in [1.29, 1.82) is 0 Å². The second-order valence-corrected chi connectivity index (χ2v) is 5.83. The first-order chi connectivity index (χ1) is 10.7. The quantitative estimate of drug-likeness (QED) is 0.477. The van der Waals surface area contributed by atoms with Gasteiger partial charge in [0.05, 0.1) is 27.3 Å². The molecule has 0 radical (unpaired) electrons. The number of benzene rings is 1. The maximum absolute atomic E-state index is 6.14. The van der Waals surface area contributed by atoms with Gasteiger partial charge in [-0.1, -0.05) is 48.5 Å². The van der Waals surface area contributed by atoms with Gasteiger partial charge in [0, 0.05) is 16.5 Å². The molecule has 22 heavy (non-hydrogen) atoms. The third-order valence-corrected chi connectivity index (χ3v) is 4.56. The fraction of sp³-hybridized carbons (Fsp3) is 0.0526. The fourth-order valence-corrected chi connectivity index (χ4v) is 3.15. The van der Waals surface area contributed by atoms with Crippen molar-refractivity contribution < 1.29 is 0 Å². The van der Waals surface area contributed by atoms with Gasteiger partial charge < -0.3 is 9.72 Å². The van der Waals surface area contributed by atoms with Crippen LogP contribution in [0, 0.1) is 0 Å². The van der Waals surface area contributed by atoms with Crippen LogP contribution in [-0.2, 0) is 0 Å². The largest absolute Gasteiger partial charge is 0.356 e. The third-order valence-electron chi connectivity index (χ3n) is 4.13. The summed E-state index contributed by atoms with van der Waals surface area (Å²) in [4.78, 5) is 0. The van der Waals surface area contributed by atoms with E-state index in [4.69, 9.17) is 11.6 Å². The van der Waals surface area contributed by atoms with Crippen molar-refractivity contribution in [3.05, 3.63) is 71.9 Å². The van der Waals surface area contributed by atoms with Crippen LogP contribution in [0.15, 0.2) is 71.9 Å². The molecule has 0 aliphatic carbocycles. The smallest absolute Gasteiger partial charge is 0.0697 e. The van der Waals surface area contributed by atoms with Gasteiger partial charge >= 0.3 is 0 Å². The van der Waals surface area contributed by atoms with Crippen LogP contribution in [0.5, 0.6) is 0 Å². The molecule has 108 valence electrons. The molecule has 0 aliphatic heterocycles. The number of hydrogen-bond donors (Lipinski definition) is 1. The molecule has 0 bridgehead atoms. The molecule has 0 fully saturated rings. The van der Waals surface area contributed by atoms with E-state index in [9.17, 15) is 0 Å². The SMILES string of the molecule is C=C/C(Cl)=C(\C)Nc1cc2c3ccccc3c3cccc1n32. The molecule has 0 saturated carbocycles. The number of aromatic nitrogens is 1. The zero-order valence-electron chi connectivity index (χ0n) is 12.2. The highest BCUT2D eigenvalue weighted by Crippen LogP contribution is 2.36. The van der Waals surface area contributed by atoms with E-state index in [1.807, 2.05) is 6.92 Å². The average molecular weight is 307 g/mol. The number of rotatable bonds is 3. The van der Waals surface area contributed by atoms with Gasteiger partial charge in [-0.15, -0.1) is 0 Å². The normalized spacial score (nSPS) is 13.0. The molecule has 3 aromatic heterocycles. The number of nitrogens with one attached hydrogen (secondary N) is 1. The van der Waals surface area contributed by atoms with E-state index < -0.39 is 0 Å². The van der Waals surface area contributed by atoms with Gasteiger partial charge in [-0.3, -0.25) is 0 Å². The van der Waals surface area contributed by atoms with Crippen LogP contribution in [0.25, 0.3) is 27.3 Å². The van der Waals surface area contributed by atoms with Crippen molar-refractivity contribution >= 4 is 44.6 Å². The van der Waals surface area contributed by atoms with Gasteiger partial charge in [-0.2, -0.15) is 0 Å². The highest BCUT2D eigenvalue weighted by atomic mass is 35.5. The Morgan fingerprint density at radius 3 is 2.45 bits per heavy atom. The molecule has 0 spiro atoms. The summed E-state index contributed by atoms with van der Waals surface area (Å²) in [6.07, 6.45) is 1.65. The Morgan fingerprint density at radius 2 is 1.73 bits per heavy atom. The van der Waals surface area contributed by atoms with E-state index in [1.165, 1.54) is 21.8 Å². The van der Waals surface area contributed by atoms with E-state index in [0.717, 1.165) is 16.9 Å². The number of nitrogens with zero attached hydrogens (tertiary/aromatic N) is 1. The molecule has 3 heterocycles. The first-order valence-corrected chi connectivity index (χ1v) is 7.58. The Hall–Kier alpha value is -2.45. The van der Waals surface area contributed by atoms with Crippen molar-refractivity contribution in [2.75, 3.05) is 5.32 Å². The maximum atomic E-state index is 6.14. The molecular weight excluding hydrogens is 292 g/mol. The van der Waals surface area contributed by atoms with Gasteiger partial charge in [0.2, 0.25) is 0 Å². The first kappa shape index (κ1) is 13.2. The van der Waals surface area contributed by atoms with Crippen LogP contribution in [0.3, 0.4) is 0 Å². The molecule has 0 aliphatic rings. The number of allylic oxidation sites excluding steroid dienone is 3. The highest BCUT2D eigenvalue weighted by molar-refractivity contribution is 6.31. The lowest BCUT2D eigenvalue weighted by atomic mass is 10.1. The summed E-state index contributed by atoms with van der Waals surface area (Å²) < 4.78 is 2.29. The summed E-state index contributed by atoms with van der Waals surface area (Å²) in [6.45, 7) is 5.67. The predicted octanol–water partition coefficient (Wildman–Crippen LogP) is 5.75. The van der Waals surface area contributed by atoms with Crippen molar-refractivity contribution in [2.45, 2.75) is 6.92 Å². The Balaban J connectivity index is 2.03. The highest BCUT2D eigenvalue weighted by Gasteiger charge is 2.14. The zero-order chi connectivity index (χ0) is 15.3. The van der Waals surface area contributed by atoms with Crippen molar-refractivity contribution in [3.63, 3.8) is 0 Å². The average Bonchev–Trinajstić information content (AvgIpc) is 3.07. The molecule has 1 aromatic carbocycles. The number of fused-ring (bicyclic) bond motifs is 3. The van der Waals surface area contributed by atoms with Gasteiger partial charge in [-0.25, -0.2) is 0 Å². The van der Waals surface area contributed by atoms with Crippen LogP contribution < -0.4 is 5.32 Å². The molecule has 4 aromatic rings. The Bertz CT molecular complexity index is 1040. The summed E-state index contributed by atoms with van der Waals surface area (Å²) in [5, 5.41) is 6.59. The zero-order valence-corrected chi connectivity index (χ0v) is 13.0. The lowest BCUT2D eigenvalue weighted by Crippen LogP contribution is -1.96. The van der Waals surface area contributed by atoms with E-state index in [1.54, 1.807) is 6.08 Å². The first-order valence-electron chi connectivity index (χ1n) is 7.21. The maximum Gasteiger partial charge on any atom is 0.0697 e. The Labute approximate surface area is 133 Å². The minimum absolute atomic E-state index is 0.634. The number of halogens is 1. The molecule has 2 nitrogen and oxygen atoms in total. The standard InChI is InChI=1S/C19H15ClN2/c1-3-15(20)12(2)21-16-11-19-14-8-5-4-7-13(14)17-9-6-10-18(16)22(17)19/h3-11,21H,1H2,2H3/b15-12-. The predicted molar refractivity (Wildman–Crippen MR) is 96.0 cm³/mol. The summed E-state index contributed by atoms with van der Waals surface area (Å²) in [5.41, 5.74) is 5.55. The third kappa shape index (κ3) is 1.74. The van der Waals surface area contributed by atoms with Crippen LogP contribution >= 0.6 is 11.6 Å². The number of pyridine rings is 1. The van der Waals surface area contributed by atoms with E-state index >= 15 is 0 Å². The van der Waals surface area contributed by atoms with Crippen molar-refractivity contribution in [2.24, 2.45) is 0 Å². The van der Waals surface area contributed by atoms with Gasteiger partial charge in [0.25, 0.3) is 0 Å². The lowest BCUT2D eigenvalue weighted by molar-refractivity contribution is 1.34. The number of anilines is 1. The van der Waals surface area contributed by atoms with Crippen molar-refractivity contribution in [3.8, 4) is 0 Å². The topological polar surface area (TPSA) is 16.4 Å². The second-order valence-electron chi connectivity index (χ2n) is 5.42. The van der Waals surface area contributed by atoms with Gasteiger partial charge in [0.15, 0.2) is 0 Å². The fourth-order valence-electron chi connectivity index (χ4n) is 3.11.